The molecule has 1 aliphatic rings. The van der Waals surface area contributed by atoms with Crippen molar-refractivity contribution in [2.75, 3.05) is 13.1 Å². The first-order chi connectivity index (χ1) is 10.3. The van der Waals surface area contributed by atoms with Gasteiger partial charge in [0.25, 0.3) is 5.56 Å². The van der Waals surface area contributed by atoms with Crippen LogP contribution in [0.4, 0.5) is 0 Å². The molecule has 21 heavy (non-hydrogen) atoms. The molecule has 110 valence electrons. The van der Waals surface area contributed by atoms with Gasteiger partial charge in [0.2, 0.25) is 0 Å². The summed E-state index contributed by atoms with van der Waals surface area (Å²) in [5, 5.41) is 0. The Bertz CT molecular complexity index is 620. The Morgan fingerprint density at radius 3 is 2.67 bits per heavy atom. The normalized spacial score (nSPS) is 19.5. The zero-order valence-corrected chi connectivity index (χ0v) is 12.3. The minimum atomic E-state index is 0.109. The van der Waals surface area contributed by atoms with Crippen LogP contribution < -0.4 is 5.56 Å². The number of hydrogen-bond donors (Lipinski definition) is 0. The minimum absolute atomic E-state index is 0.109. The molecule has 0 aliphatic carbocycles. The molecule has 0 spiro atoms. The summed E-state index contributed by atoms with van der Waals surface area (Å²) in [4.78, 5) is 14.3. The molecule has 2 heterocycles. The number of hydrogen-bond acceptors (Lipinski definition) is 2. The average molecular weight is 282 g/mol. The lowest BCUT2D eigenvalue weighted by Gasteiger charge is -2.33. The van der Waals surface area contributed by atoms with Crippen LogP contribution >= 0.6 is 0 Å². The van der Waals surface area contributed by atoms with Crippen molar-refractivity contribution in [3.05, 3.63) is 70.6 Å². The van der Waals surface area contributed by atoms with Gasteiger partial charge in [-0.2, -0.15) is 0 Å². The number of aromatic nitrogens is 1. The fourth-order valence-electron chi connectivity index (χ4n) is 3.18. The topological polar surface area (TPSA) is 25.2 Å². The number of pyridine rings is 1. The van der Waals surface area contributed by atoms with Crippen LogP contribution in [0.25, 0.3) is 0 Å². The molecule has 0 amide bonds. The highest BCUT2D eigenvalue weighted by atomic mass is 16.1. The highest BCUT2D eigenvalue weighted by Gasteiger charge is 2.20. The highest BCUT2D eigenvalue weighted by Crippen LogP contribution is 2.19. The molecule has 1 aromatic heterocycles. The maximum Gasteiger partial charge on any atom is 0.250 e. The maximum absolute atomic E-state index is 11.8. The highest BCUT2D eigenvalue weighted by molar-refractivity contribution is 5.14. The van der Waals surface area contributed by atoms with Gasteiger partial charge in [0.05, 0.1) is 0 Å². The minimum Gasteiger partial charge on any atom is -0.315 e. The number of benzene rings is 1. The van der Waals surface area contributed by atoms with Crippen molar-refractivity contribution in [1.29, 1.82) is 0 Å². The lowest BCUT2D eigenvalue weighted by Crippen LogP contribution is -2.37. The Balaban J connectivity index is 1.61. The number of likely N-dealkylation sites (tertiary alicyclic amines) is 1. The van der Waals surface area contributed by atoms with Gasteiger partial charge >= 0.3 is 0 Å². The molecule has 3 heteroatoms. The first kappa shape index (κ1) is 14.1. The Hall–Kier alpha value is -1.87. The molecule has 3 nitrogen and oxygen atoms in total. The van der Waals surface area contributed by atoms with Crippen molar-refractivity contribution in [1.82, 2.24) is 9.47 Å². The van der Waals surface area contributed by atoms with Crippen molar-refractivity contribution in [2.24, 2.45) is 5.92 Å². The summed E-state index contributed by atoms with van der Waals surface area (Å²) in [6, 6.07) is 16.0. The molecule has 0 N–H and O–H groups in total. The first-order valence-corrected chi connectivity index (χ1v) is 7.73. The molecule has 1 atom stereocenters. The van der Waals surface area contributed by atoms with E-state index in [0.717, 1.165) is 26.2 Å². The molecule has 1 aromatic carbocycles. The molecule has 3 rings (SSSR count). The second-order valence-electron chi connectivity index (χ2n) is 5.92. The number of rotatable bonds is 4. The van der Waals surface area contributed by atoms with Gasteiger partial charge < -0.3 is 4.57 Å². The summed E-state index contributed by atoms with van der Waals surface area (Å²) in [5.74, 6) is 0.572. The second kappa shape index (κ2) is 6.72. The zero-order valence-electron chi connectivity index (χ0n) is 12.3. The molecule has 0 radical (unpaired) electrons. The van der Waals surface area contributed by atoms with Gasteiger partial charge in [0.15, 0.2) is 0 Å². The second-order valence-corrected chi connectivity index (χ2v) is 5.92. The van der Waals surface area contributed by atoms with Crippen LogP contribution in [0, 0.1) is 5.92 Å². The van der Waals surface area contributed by atoms with Crippen LogP contribution in [0.2, 0.25) is 0 Å². The van der Waals surface area contributed by atoms with Crippen molar-refractivity contribution in [3.63, 3.8) is 0 Å². The van der Waals surface area contributed by atoms with Gasteiger partial charge in [-0.1, -0.05) is 36.4 Å². The fourth-order valence-corrected chi connectivity index (χ4v) is 3.18. The summed E-state index contributed by atoms with van der Waals surface area (Å²) in [6.45, 7) is 4.09. The van der Waals surface area contributed by atoms with Crippen molar-refractivity contribution in [3.8, 4) is 0 Å². The van der Waals surface area contributed by atoms with Gasteiger partial charge in [-0.05, 0) is 36.9 Å². The Labute approximate surface area is 125 Å². The largest absolute Gasteiger partial charge is 0.315 e. The van der Waals surface area contributed by atoms with E-state index < -0.39 is 0 Å². The molecule has 0 saturated carbocycles. The Morgan fingerprint density at radius 1 is 1.05 bits per heavy atom. The molecule has 1 saturated heterocycles. The predicted octanol–water partition coefficient (Wildman–Crippen LogP) is 2.76. The molecule has 1 aliphatic heterocycles. The Morgan fingerprint density at radius 2 is 1.86 bits per heavy atom. The third-order valence-electron chi connectivity index (χ3n) is 4.21. The van der Waals surface area contributed by atoms with Crippen LogP contribution in [0.5, 0.6) is 0 Å². The summed E-state index contributed by atoms with van der Waals surface area (Å²) in [7, 11) is 0. The van der Waals surface area contributed by atoms with E-state index in [1.165, 1.54) is 18.4 Å². The monoisotopic (exact) mass is 282 g/mol. The summed E-state index contributed by atoms with van der Waals surface area (Å²) >= 11 is 0. The van der Waals surface area contributed by atoms with Crippen LogP contribution in [0.15, 0.2) is 59.5 Å². The van der Waals surface area contributed by atoms with E-state index in [9.17, 15) is 4.79 Å². The molecule has 0 bridgehead atoms. The van der Waals surface area contributed by atoms with E-state index in [2.05, 4.69) is 35.2 Å². The third-order valence-corrected chi connectivity index (χ3v) is 4.21. The van der Waals surface area contributed by atoms with Crippen LogP contribution in [0.1, 0.15) is 18.4 Å². The average Bonchev–Trinajstić information content (AvgIpc) is 2.51. The summed E-state index contributed by atoms with van der Waals surface area (Å²) in [6.07, 6.45) is 4.34. The van der Waals surface area contributed by atoms with Gasteiger partial charge in [0, 0.05) is 31.9 Å². The van der Waals surface area contributed by atoms with Gasteiger partial charge in [-0.25, -0.2) is 0 Å². The molecule has 1 fully saturated rings. The maximum atomic E-state index is 11.8. The summed E-state index contributed by atoms with van der Waals surface area (Å²) in [5.41, 5.74) is 1.48. The van der Waals surface area contributed by atoms with Crippen molar-refractivity contribution >= 4 is 0 Å². The van der Waals surface area contributed by atoms with Crippen LogP contribution in [-0.2, 0) is 13.1 Å². The molecular weight excluding hydrogens is 260 g/mol. The SMILES string of the molecule is O=c1ccccn1CC1CCCN(Cc2ccccc2)C1. The van der Waals surface area contributed by atoms with E-state index >= 15 is 0 Å². The quantitative estimate of drug-likeness (QED) is 0.861. The molecule has 1 unspecified atom stereocenters. The Kier molecular flexibility index (Phi) is 4.51. The van der Waals surface area contributed by atoms with Crippen molar-refractivity contribution in [2.45, 2.75) is 25.9 Å². The van der Waals surface area contributed by atoms with E-state index in [1.807, 2.05) is 16.8 Å². The fraction of sp³-hybridized carbons (Fsp3) is 0.389. The van der Waals surface area contributed by atoms with Gasteiger partial charge in [-0.15, -0.1) is 0 Å². The van der Waals surface area contributed by atoms with E-state index in [1.54, 1.807) is 12.1 Å². The van der Waals surface area contributed by atoms with E-state index in [-0.39, 0.29) is 5.56 Å². The standard InChI is InChI=1S/C18H22N2O/c21-18-10-4-5-12-20(18)15-17-9-6-11-19(14-17)13-16-7-2-1-3-8-16/h1-5,7-8,10,12,17H,6,9,11,13-15H2. The summed E-state index contributed by atoms with van der Waals surface area (Å²) < 4.78 is 1.84. The zero-order chi connectivity index (χ0) is 14.5. The predicted molar refractivity (Wildman–Crippen MR) is 85.1 cm³/mol. The van der Waals surface area contributed by atoms with Gasteiger partial charge in [0.1, 0.15) is 0 Å². The van der Waals surface area contributed by atoms with Crippen LogP contribution in [-0.4, -0.2) is 22.6 Å². The van der Waals surface area contributed by atoms with E-state index in [0.29, 0.717) is 5.92 Å². The van der Waals surface area contributed by atoms with E-state index in [4.69, 9.17) is 0 Å². The number of piperidine rings is 1. The lowest BCUT2D eigenvalue weighted by molar-refractivity contribution is 0.155. The lowest BCUT2D eigenvalue weighted by atomic mass is 9.97. The first-order valence-electron chi connectivity index (χ1n) is 7.73. The van der Waals surface area contributed by atoms with Gasteiger partial charge in [-0.3, -0.25) is 9.69 Å². The van der Waals surface area contributed by atoms with Crippen LogP contribution in [0.3, 0.4) is 0 Å². The number of nitrogens with zero attached hydrogens (tertiary/aromatic N) is 2. The smallest absolute Gasteiger partial charge is 0.250 e. The third kappa shape index (κ3) is 3.82. The molecular formula is C18H22N2O. The molecule has 2 aromatic rings. The van der Waals surface area contributed by atoms with Crippen molar-refractivity contribution < 1.29 is 0 Å².